The average molecular weight is 266 g/mol. The molecule has 1 amide bonds. The Balaban J connectivity index is 1.79. The van der Waals surface area contributed by atoms with Gasteiger partial charge in [0, 0.05) is 5.56 Å². The van der Waals surface area contributed by atoms with Gasteiger partial charge in [-0.2, -0.15) is 0 Å². The predicted molar refractivity (Wildman–Crippen MR) is 70.7 cm³/mol. The molecule has 1 saturated heterocycles. The van der Waals surface area contributed by atoms with Crippen LogP contribution in [-0.4, -0.2) is 42.3 Å². The smallest absolute Gasteiger partial charge is 0.410 e. The zero-order valence-electron chi connectivity index (χ0n) is 9.80. The molecule has 0 aromatic heterocycles. The minimum atomic E-state index is -0.276. The highest BCUT2D eigenvalue weighted by molar-refractivity contribution is 7.80. The molecule has 0 aliphatic carbocycles. The molecule has 1 aliphatic heterocycles. The van der Waals surface area contributed by atoms with Crippen LogP contribution >= 0.6 is 12.2 Å². The minimum absolute atomic E-state index is 0.276. The van der Waals surface area contributed by atoms with Gasteiger partial charge in [-0.3, -0.25) is 0 Å². The van der Waals surface area contributed by atoms with Crippen LogP contribution in [0, 0.1) is 0 Å². The lowest BCUT2D eigenvalue weighted by atomic mass is 10.2. The third kappa shape index (κ3) is 3.10. The van der Waals surface area contributed by atoms with Crippen molar-refractivity contribution in [3.8, 4) is 5.75 Å². The number of rotatable bonds is 5. The first-order valence-electron chi connectivity index (χ1n) is 5.61. The lowest BCUT2D eigenvalue weighted by molar-refractivity contribution is 0.153. The largest absolute Gasteiger partial charge is 0.492 e. The van der Waals surface area contributed by atoms with Gasteiger partial charge in [0.05, 0.1) is 13.1 Å². The molecule has 0 unspecified atom stereocenters. The van der Waals surface area contributed by atoms with E-state index in [1.165, 1.54) is 0 Å². The van der Waals surface area contributed by atoms with Crippen molar-refractivity contribution in [1.82, 2.24) is 4.90 Å². The van der Waals surface area contributed by atoms with E-state index in [0.717, 1.165) is 11.3 Å². The molecular weight excluding hydrogens is 252 g/mol. The van der Waals surface area contributed by atoms with Crippen LogP contribution in [0.4, 0.5) is 4.79 Å². The van der Waals surface area contributed by atoms with E-state index in [0.29, 0.717) is 31.3 Å². The number of amides is 1. The quantitative estimate of drug-likeness (QED) is 0.810. The van der Waals surface area contributed by atoms with Gasteiger partial charge in [0.1, 0.15) is 24.0 Å². The van der Waals surface area contributed by atoms with E-state index < -0.39 is 0 Å². The van der Waals surface area contributed by atoms with Crippen LogP contribution in [0.3, 0.4) is 0 Å². The Kier molecular flexibility index (Phi) is 3.99. The molecule has 1 fully saturated rings. The van der Waals surface area contributed by atoms with E-state index in [2.05, 4.69) is 0 Å². The summed E-state index contributed by atoms with van der Waals surface area (Å²) < 4.78 is 10.3. The average Bonchev–Trinajstić information content (AvgIpc) is 2.76. The van der Waals surface area contributed by atoms with Gasteiger partial charge in [-0.15, -0.1) is 0 Å². The van der Waals surface area contributed by atoms with Gasteiger partial charge in [-0.25, -0.2) is 4.79 Å². The maximum atomic E-state index is 11.2. The number of hydrogen-bond donors (Lipinski definition) is 1. The van der Waals surface area contributed by atoms with E-state index >= 15 is 0 Å². The monoisotopic (exact) mass is 266 g/mol. The fraction of sp³-hybridized carbons (Fsp3) is 0.333. The summed E-state index contributed by atoms with van der Waals surface area (Å²) in [7, 11) is 0. The first-order valence-corrected chi connectivity index (χ1v) is 6.02. The van der Waals surface area contributed by atoms with Crippen LogP contribution in [-0.2, 0) is 4.74 Å². The molecule has 2 N–H and O–H groups in total. The summed E-state index contributed by atoms with van der Waals surface area (Å²) in [6.07, 6.45) is -0.276. The van der Waals surface area contributed by atoms with Crippen molar-refractivity contribution in [2.75, 3.05) is 26.3 Å². The van der Waals surface area contributed by atoms with Gasteiger partial charge in [0.15, 0.2) is 0 Å². The number of cyclic esters (lactones) is 1. The van der Waals surface area contributed by atoms with Crippen LogP contribution in [0.15, 0.2) is 24.3 Å². The first-order chi connectivity index (χ1) is 8.66. The topological polar surface area (TPSA) is 64.8 Å². The van der Waals surface area contributed by atoms with Gasteiger partial charge in [0.25, 0.3) is 0 Å². The third-order valence-corrected chi connectivity index (χ3v) is 2.85. The van der Waals surface area contributed by atoms with Crippen LogP contribution in [0.2, 0.25) is 0 Å². The highest BCUT2D eigenvalue weighted by Crippen LogP contribution is 2.12. The fourth-order valence-corrected chi connectivity index (χ4v) is 1.75. The van der Waals surface area contributed by atoms with Crippen LogP contribution < -0.4 is 10.5 Å². The van der Waals surface area contributed by atoms with Gasteiger partial charge in [-0.1, -0.05) is 12.2 Å². The SMILES string of the molecule is NC(=S)c1ccc(OCCN2CCOC2=O)cc1. The summed E-state index contributed by atoms with van der Waals surface area (Å²) in [5.41, 5.74) is 6.30. The van der Waals surface area contributed by atoms with Crippen molar-refractivity contribution in [2.45, 2.75) is 0 Å². The fourth-order valence-electron chi connectivity index (χ4n) is 1.62. The van der Waals surface area contributed by atoms with Crippen molar-refractivity contribution in [2.24, 2.45) is 5.73 Å². The molecule has 0 saturated carbocycles. The Morgan fingerprint density at radius 2 is 2.17 bits per heavy atom. The highest BCUT2D eigenvalue weighted by Gasteiger charge is 2.21. The molecule has 2 rings (SSSR count). The van der Waals surface area contributed by atoms with Crippen molar-refractivity contribution in [3.63, 3.8) is 0 Å². The molecule has 5 nitrogen and oxygen atoms in total. The molecular formula is C12H14N2O3S. The molecule has 0 radical (unpaired) electrons. The second-order valence-electron chi connectivity index (χ2n) is 3.84. The van der Waals surface area contributed by atoms with Crippen molar-refractivity contribution in [1.29, 1.82) is 0 Å². The zero-order valence-corrected chi connectivity index (χ0v) is 10.6. The van der Waals surface area contributed by atoms with E-state index in [-0.39, 0.29) is 6.09 Å². The van der Waals surface area contributed by atoms with Crippen LogP contribution in [0.25, 0.3) is 0 Å². The number of carbonyl (C=O) groups excluding carboxylic acids is 1. The second kappa shape index (κ2) is 5.68. The Morgan fingerprint density at radius 3 is 2.72 bits per heavy atom. The van der Waals surface area contributed by atoms with Gasteiger partial charge in [-0.05, 0) is 24.3 Å². The molecule has 18 heavy (non-hydrogen) atoms. The Morgan fingerprint density at radius 1 is 1.44 bits per heavy atom. The first kappa shape index (κ1) is 12.6. The van der Waals surface area contributed by atoms with E-state index in [9.17, 15) is 4.79 Å². The van der Waals surface area contributed by atoms with Gasteiger partial charge < -0.3 is 20.1 Å². The summed E-state index contributed by atoms with van der Waals surface area (Å²) in [4.78, 5) is 13.1. The number of thiocarbonyl (C=S) groups is 1. The van der Waals surface area contributed by atoms with Crippen molar-refractivity contribution >= 4 is 23.3 Å². The summed E-state index contributed by atoms with van der Waals surface area (Å²) in [6, 6.07) is 7.22. The lowest BCUT2D eigenvalue weighted by Crippen LogP contribution is -2.29. The number of carbonyl (C=O) groups is 1. The molecule has 0 atom stereocenters. The van der Waals surface area contributed by atoms with E-state index in [4.69, 9.17) is 27.4 Å². The summed E-state index contributed by atoms with van der Waals surface area (Å²) >= 11 is 4.86. The molecule has 6 heteroatoms. The normalized spacial score (nSPS) is 14.4. The zero-order chi connectivity index (χ0) is 13.0. The van der Waals surface area contributed by atoms with Gasteiger partial charge in [0.2, 0.25) is 0 Å². The summed E-state index contributed by atoms with van der Waals surface area (Å²) in [5, 5.41) is 0. The van der Waals surface area contributed by atoms with Crippen molar-refractivity contribution in [3.05, 3.63) is 29.8 Å². The number of hydrogen-bond acceptors (Lipinski definition) is 4. The van der Waals surface area contributed by atoms with Gasteiger partial charge >= 0.3 is 6.09 Å². The molecule has 0 bridgehead atoms. The third-order valence-electron chi connectivity index (χ3n) is 2.61. The van der Waals surface area contributed by atoms with Crippen molar-refractivity contribution < 1.29 is 14.3 Å². The maximum absolute atomic E-state index is 11.2. The van der Waals surface area contributed by atoms with Crippen LogP contribution in [0.1, 0.15) is 5.56 Å². The van der Waals surface area contributed by atoms with E-state index in [1.807, 2.05) is 12.1 Å². The molecule has 1 heterocycles. The second-order valence-corrected chi connectivity index (χ2v) is 4.28. The Labute approximate surface area is 110 Å². The number of ether oxygens (including phenoxy) is 2. The summed E-state index contributed by atoms with van der Waals surface area (Å²) in [6.45, 7) is 2.04. The Hall–Kier alpha value is -1.82. The number of nitrogens with two attached hydrogens (primary N) is 1. The predicted octanol–water partition coefficient (Wildman–Crippen LogP) is 1.15. The van der Waals surface area contributed by atoms with Crippen LogP contribution in [0.5, 0.6) is 5.75 Å². The summed E-state index contributed by atoms with van der Waals surface area (Å²) in [5.74, 6) is 0.725. The maximum Gasteiger partial charge on any atom is 0.410 e. The minimum Gasteiger partial charge on any atom is -0.492 e. The lowest BCUT2D eigenvalue weighted by Gasteiger charge is -2.13. The number of nitrogens with zero attached hydrogens (tertiary/aromatic N) is 1. The number of benzene rings is 1. The standard InChI is InChI=1S/C12H14N2O3S/c13-11(18)9-1-3-10(4-2-9)16-7-5-14-6-8-17-12(14)15/h1-4H,5-8H2,(H2,13,18). The molecule has 1 aromatic carbocycles. The molecule has 1 aromatic rings. The molecule has 1 aliphatic rings. The molecule has 0 spiro atoms. The molecule has 96 valence electrons. The highest BCUT2D eigenvalue weighted by atomic mass is 32.1. The Bertz CT molecular complexity index is 447. The van der Waals surface area contributed by atoms with E-state index in [1.54, 1.807) is 17.0 Å².